The Kier molecular flexibility index (Phi) is 5.15. The van der Waals surface area contributed by atoms with E-state index in [1.165, 1.54) is 44.3 Å². The first-order chi connectivity index (χ1) is 10.3. The highest BCUT2D eigenvalue weighted by atomic mass is 16.5. The highest BCUT2D eigenvalue weighted by molar-refractivity contribution is 5.27. The third-order valence-electron chi connectivity index (χ3n) is 4.51. The summed E-state index contributed by atoms with van der Waals surface area (Å²) in [6, 6.07) is 9.32. The molecule has 0 aromatic heterocycles. The van der Waals surface area contributed by atoms with Gasteiger partial charge in [-0.15, -0.1) is 0 Å². The molecule has 1 saturated heterocycles. The molecule has 1 aliphatic carbocycles. The van der Waals surface area contributed by atoms with Crippen LogP contribution in [0.2, 0.25) is 0 Å². The van der Waals surface area contributed by atoms with Crippen LogP contribution in [0, 0.1) is 5.92 Å². The van der Waals surface area contributed by atoms with Crippen LogP contribution in [0.3, 0.4) is 0 Å². The lowest BCUT2D eigenvalue weighted by molar-refractivity contribution is 0.153. The molecule has 3 nitrogen and oxygen atoms in total. The van der Waals surface area contributed by atoms with E-state index in [0.29, 0.717) is 0 Å². The maximum Gasteiger partial charge on any atom is 0.119 e. The van der Waals surface area contributed by atoms with Crippen LogP contribution in [-0.2, 0) is 6.54 Å². The molecular weight excluding hydrogens is 260 g/mol. The van der Waals surface area contributed by atoms with Crippen molar-refractivity contribution in [3.05, 3.63) is 29.8 Å². The van der Waals surface area contributed by atoms with Gasteiger partial charge in [-0.25, -0.2) is 0 Å². The van der Waals surface area contributed by atoms with Gasteiger partial charge in [0.25, 0.3) is 0 Å². The summed E-state index contributed by atoms with van der Waals surface area (Å²) in [7, 11) is 0. The van der Waals surface area contributed by atoms with Crippen LogP contribution in [0.4, 0.5) is 0 Å². The van der Waals surface area contributed by atoms with Crippen molar-refractivity contribution < 1.29 is 4.74 Å². The van der Waals surface area contributed by atoms with Crippen molar-refractivity contribution in [1.29, 1.82) is 0 Å². The summed E-state index contributed by atoms with van der Waals surface area (Å²) in [5, 5.41) is 3.54. The van der Waals surface area contributed by atoms with Crippen LogP contribution in [0.5, 0.6) is 5.75 Å². The first-order valence-corrected chi connectivity index (χ1v) is 8.47. The van der Waals surface area contributed by atoms with Crippen molar-refractivity contribution in [2.75, 3.05) is 26.2 Å². The Bertz CT molecular complexity index is 427. The molecular formula is C18H28N2O. The fourth-order valence-electron chi connectivity index (χ4n) is 3.04. The van der Waals surface area contributed by atoms with Gasteiger partial charge in [-0.3, -0.25) is 4.90 Å². The van der Waals surface area contributed by atoms with Crippen molar-refractivity contribution in [3.63, 3.8) is 0 Å². The fourth-order valence-corrected chi connectivity index (χ4v) is 3.04. The number of nitrogens with one attached hydrogen (secondary N) is 1. The summed E-state index contributed by atoms with van der Waals surface area (Å²) in [4.78, 5) is 2.53. The van der Waals surface area contributed by atoms with Crippen molar-refractivity contribution >= 4 is 0 Å². The van der Waals surface area contributed by atoms with Crippen molar-refractivity contribution in [2.45, 2.75) is 45.2 Å². The van der Waals surface area contributed by atoms with Crippen molar-refractivity contribution in [3.8, 4) is 5.75 Å². The number of piperidine rings is 1. The number of hydrogen-bond donors (Lipinski definition) is 1. The van der Waals surface area contributed by atoms with E-state index in [-0.39, 0.29) is 0 Å². The van der Waals surface area contributed by atoms with E-state index in [1.54, 1.807) is 0 Å². The van der Waals surface area contributed by atoms with Gasteiger partial charge in [-0.1, -0.05) is 19.1 Å². The molecule has 3 rings (SSSR count). The van der Waals surface area contributed by atoms with Gasteiger partial charge in [-0.05, 0) is 55.8 Å². The van der Waals surface area contributed by atoms with Gasteiger partial charge in [0.15, 0.2) is 0 Å². The fraction of sp³-hybridized carbons (Fsp3) is 0.667. The summed E-state index contributed by atoms with van der Waals surface area (Å²) in [6.45, 7) is 7.65. The molecule has 1 aromatic rings. The third kappa shape index (κ3) is 5.01. The number of benzene rings is 1. The molecule has 1 unspecified atom stereocenters. The molecule has 3 heteroatoms. The first-order valence-electron chi connectivity index (χ1n) is 8.47. The lowest BCUT2D eigenvalue weighted by atomic mass is 10.0. The average Bonchev–Trinajstić information content (AvgIpc) is 3.31. The Morgan fingerprint density at radius 3 is 2.71 bits per heavy atom. The summed E-state index contributed by atoms with van der Waals surface area (Å²) in [5.41, 5.74) is 1.35. The van der Waals surface area contributed by atoms with Crippen molar-refractivity contribution in [1.82, 2.24) is 10.2 Å². The largest absolute Gasteiger partial charge is 0.492 e. The second-order valence-corrected chi connectivity index (χ2v) is 6.70. The van der Waals surface area contributed by atoms with Crippen LogP contribution in [0.25, 0.3) is 0 Å². The summed E-state index contributed by atoms with van der Waals surface area (Å²) < 4.78 is 5.87. The predicted octanol–water partition coefficient (Wildman–Crippen LogP) is 3.05. The first kappa shape index (κ1) is 14.9. The molecule has 0 amide bonds. The second-order valence-electron chi connectivity index (χ2n) is 6.70. The molecule has 1 heterocycles. The Balaban J connectivity index is 1.36. The zero-order chi connectivity index (χ0) is 14.5. The number of ether oxygens (including phenoxy) is 1. The molecule has 1 N–H and O–H groups in total. The van der Waals surface area contributed by atoms with Gasteiger partial charge in [0, 0.05) is 25.7 Å². The monoisotopic (exact) mass is 288 g/mol. The molecule has 0 spiro atoms. The zero-order valence-electron chi connectivity index (χ0n) is 13.2. The molecule has 0 radical (unpaired) electrons. The van der Waals surface area contributed by atoms with Crippen LogP contribution in [0.15, 0.2) is 24.3 Å². The minimum Gasteiger partial charge on any atom is -0.492 e. The van der Waals surface area contributed by atoms with E-state index in [0.717, 1.165) is 37.4 Å². The van der Waals surface area contributed by atoms with E-state index in [1.807, 2.05) is 0 Å². The highest BCUT2D eigenvalue weighted by Crippen LogP contribution is 2.20. The van der Waals surface area contributed by atoms with E-state index >= 15 is 0 Å². The molecule has 21 heavy (non-hydrogen) atoms. The molecule has 1 aliphatic heterocycles. The highest BCUT2D eigenvalue weighted by Gasteiger charge is 2.19. The van der Waals surface area contributed by atoms with Crippen LogP contribution >= 0.6 is 0 Å². The molecule has 0 bridgehead atoms. The Hall–Kier alpha value is -1.06. The molecule has 2 aliphatic rings. The predicted molar refractivity (Wildman–Crippen MR) is 86.6 cm³/mol. The Labute approximate surface area is 128 Å². The summed E-state index contributed by atoms with van der Waals surface area (Å²) >= 11 is 0. The Morgan fingerprint density at radius 2 is 2.00 bits per heavy atom. The number of likely N-dealkylation sites (tertiary alicyclic amines) is 1. The van der Waals surface area contributed by atoms with E-state index < -0.39 is 0 Å². The molecule has 2 fully saturated rings. The van der Waals surface area contributed by atoms with Crippen LogP contribution in [0.1, 0.15) is 38.2 Å². The van der Waals surface area contributed by atoms with Gasteiger partial charge in [-0.2, -0.15) is 0 Å². The number of hydrogen-bond acceptors (Lipinski definition) is 3. The third-order valence-corrected chi connectivity index (χ3v) is 4.51. The maximum absolute atomic E-state index is 5.87. The Morgan fingerprint density at radius 1 is 1.19 bits per heavy atom. The molecule has 1 aromatic carbocycles. The van der Waals surface area contributed by atoms with Gasteiger partial charge in [0.1, 0.15) is 12.4 Å². The minimum absolute atomic E-state index is 0.771. The standard InChI is InChI=1S/C18H28N2O/c1-15-3-2-10-20(14-15)11-12-21-18-8-4-16(5-9-18)13-19-17-6-7-17/h4-5,8-9,15,17,19H,2-3,6-7,10-14H2,1H3. The quantitative estimate of drug-likeness (QED) is 0.834. The van der Waals surface area contributed by atoms with Gasteiger partial charge in [0.2, 0.25) is 0 Å². The lowest BCUT2D eigenvalue weighted by Crippen LogP contribution is -2.37. The maximum atomic E-state index is 5.87. The SMILES string of the molecule is CC1CCCN(CCOc2ccc(CNC3CC3)cc2)C1. The average molecular weight is 288 g/mol. The normalized spacial score (nSPS) is 23.2. The number of rotatable bonds is 7. The smallest absolute Gasteiger partial charge is 0.119 e. The van der Waals surface area contributed by atoms with Crippen molar-refractivity contribution in [2.24, 2.45) is 5.92 Å². The topological polar surface area (TPSA) is 24.5 Å². The van der Waals surface area contributed by atoms with E-state index in [9.17, 15) is 0 Å². The van der Waals surface area contributed by atoms with Crippen LogP contribution < -0.4 is 10.1 Å². The van der Waals surface area contributed by atoms with Gasteiger partial charge in [0.05, 0.1) is 0 Å². The van der Waals surface area contributed by atoms with E-state index in [2.05, 4.69) is 41.4 Å². The molecule has 116 valence electrons. The number of nitrogens with zero attached hydrogens (tertiary/aromatic N) is 1. The summed E-state index contributed by atoms with van der Waals surface area (Å²) in [5.74, 6) is 1.84. The zero-order valence-corrected chi connectivity index (χ0v) is 13.2. The van der Waals surface area contributed by atoms with Gasteiger partial charge >= 0.3 is 0 Å². The van der Waals surface area contributed by atoms with Gasteiger partial charge < -0.3 is 10.1 Å². The minimum atomic E-state index is 0.771. The molecule has 1 atom stereocenters. The van der Waals surface area contributed by atoms with E-state index in [4.69, 9.17) is 4.74 Å². The summed E-state index contributed by atoms with van der Waals surface area (Å²) in [6.07, 6.45) is 5.41. The second kappa shape index (κ2) is 7.28. The lowest BCUT2D eigenvalue weighted by Gasteiger charge is -2.30. The molecule has 1 saturated carbocycles. The van der Waals surface area contributed by atoms with Crippen LogP contribution in [-0.4, -0.2) is 37.2 Å².